The first-order valence-corrected chi connectivity index (χ1v) is 11.3. The Hall–Kier alpha value is -2.64. The third kappa shape index (κ3) is 4.99. The molecule has 164 valence electrons. The number of carbonyl (C=O) groups is 2. The maximum absolute atomic E-state index is 13.0. The number of nitrogens with zero attached hydrogens (tertiary/aromatic N) is 1. The van der Waals surface area contributed by atoms with Gasteiger partial charge in [0.15, 0.2) is 0 Å². The van der Waals surface area contributed by atoms with E-state index in [2.05, 4.69) is 5.32 Å². The summed E-state index contributed by atoms with van der Waals surface area (Å²) in [5.41, 5.74) is 3.46. The molecule has 0 radical (unpaired) electrons. The van der Waals surface area contributed by atoms with Crippen molar-refractivity contribution in [1.29, 1.82) is 0 Å². The van der Waals surface area contributed by atoms with Gasteiger partial charge in [0.25, 0.3) is 0 Å². The number of thiazole rings is 1. The minimum Gasteiger partial charge on any atom is -0.463 e. The lowest BCUT2D eigenvalue weighted by molar-refractivity contribution is -0.143. The molecule has 1 aromatic heterocycles. The fourth-order valence-corrected chi connectivity index (χ4v) is 4.44. The summed E-state index contributed by atoms with van der Waals surface area (Å²) in [7, 11) is 0. The second-order valence-corrected chi connectivity index (χ2v) is 8.69. The van der Waals surface area contributed by atoms with Gasteiger partial charge in [0, 0.05) is 27.4 Å². The van der Waals surface area contributed by atoms with Crippen LogP contribution in [0.25, 0.3) is 10.6 Å². The largest absolute Gasteiger partial charge is 0.463 e. The molecule has 0 bridgehead atoms. The van der Waals surface area contributed by atoms with Crippen molar-refractivity contribution in [3.63, 3.8) is 0 Å². The van der Waals surface area contributed by atoms with E-state index < -0.39 is 17.9 Å². The lowest BCUT2D eigenvalue weighted by Crippen LogP contribution is -2.33. The van der Waals surface area contributed by atoms with Gasteiger partial charge in [-0.2, -0.15) is 0 Å². The van der Waals surface area contributed by atoms with Crippen LogP contribution < -0.4 is 5.32 Å². The number of allylic oxidation sites excluding steroid dienone is 2. The van der Waals surface area contributed by atoms with Crippen molar-refractivity contribution in [3.05, 3.63) is 62.9 Å². The highest BCUT2D eigenvalue weighted by atomic mass is 35.5. The standard InChI is InChI=1S/C23H25ClN2O4S/c1-6-29-22(27)18-13(4)25-14(5)19(23(28)30-12(2)3)20(18)17-11-31-21(26-17)15-7-9-16(24)10-8-15/h7-12,20,25H,6H2,1-5H3. The number of ether oxygens (including phenoxy) is 2. The Kier molecular flexibility index (Phi) is 7.18. The molecule has 0 aliphatic carbocycles. The van der Waals surface area contributed by atoms with Gasteiger partial charge in [-0.15, -0.1) is 11.3 Å². The van der Waals surface area contributed by atoms with Crippen molar-refractivity contribution < 1.29 is 19.1 Å². The fraction of sp³-hybridized carbons (Fsp3) is 0.348. The van der Waals surface area contributed by atoms with Crippen LogP contribution in [-0.4, -0.2) is 29.6 Å². The predicted molar refractivity (Wildman–Crippen MR) is 122 cm³/mol. The van der Waals surface area contributed by atoms with Crippen molar-refractivity contribution in [2.75, 3.05) is 6.61 Å². The molecule has 3 rings (SSSR count). The van der Waals surface area contributed by atoms with Crippen molar-refractivity contribution in [1.82, 2.24) is 10.3 Å². The van der Waals surface area contributed by atoms with Gasteiger partial charge in [0.1, 0.15) is 5.01 Å². The lowest BCUT2D eigenvalue weighted by Gasteiger charge is -2.29. The van der Waals surface area contributed by atoms with Crippen molar-refractivity contribution >= 4 is 34.9 Å². The molecule has 1 aromatic carbocycles. The Morgan fingerprint density at radius 1 is 1.13 bits per heavy atom. The van der Waals surface area contributed by atoms with E-state index in [1.54, 1.807) is 46.8 Å². The minimum absolute atomic E-state index is 0.226. The molecule has 1 atom stereocenters. The van der Waals surface area contributed by atoms with Gasteiger partial charge in [-0.25, -0.2) is 14.6 Å². The van der Waals surface area contributed by atoms with E-state index >= 15 is 0 Å². The maximum atomic E-state index is 13.0. The van der Waals surface area contributed by atoms with Crippen molar-refractivity contribution in [2.45, 2.75) is 46.6 Å². The van der Waals surface area contributed by atoms with E-state index in [4.69, 9.17) is 26.1 Å². The van der Waals surface area contributed by atoms with E-state index in [9.17, 15) is 9.59 Å². The molecule has 8 heteroatoms. The number of hydrogen-bond donors (Lipinski definition) is 1. The van der Waals surface area contributed by atoms with Gasteiger partial charge in [-0.05, 0) is 46.8 Å². The third-order valence-corrected chi connectivity index (χ3v) is 5.89. The monoisotopic (exact) mass is 460 g/mol. The Labute approximate surface area is 190 Å². The number of nitrogens with one attached hydrogen (secondary N) is 1. The summed E-state index contributed by atoms with van der Waals surface area (Å²) in [5.74, 6) is -1.66. The molecule has 0 saturated carbocycles. The number of esters is 2. The zero-order valence-corrected chi connectivity index (χ0v) is 19.7. The van der Waals surface area contributed by atoms with Crippen LogP contribution in [0.1, 0.15) is 46.2 Å². The SMILES string of the molecule is CCOC(=O)C1=C(C)NC(C)=C(C(=O)OC(C)C)C1c1csc(-c2ccc(Cl)cc2)n1. The van der Waals surface area contributed by atoms with Crippen molar-refractivity contribution in [3.8, 4) is 10.6 Å². The summed E-state index contributed by atoms with van der Waals surface area (Å²) in [6.45, 7) is 9.13. The Bertz CT molecular complexity index is 1050. The number of hydrogen-bond acceptors (Lipinski definition) is 7. The molecule has 2 aromatic rings. The summed E-state index contributed by atoms with van der Waals surface area (Å²) < 4.78 is 10.8. The Balaban J connectivity index is 2.11. The van der Waals surface area contributed by atoms with E-state index in [1.807, 2.05) is 17.5 Å². The Morgan fingerprint density at radius 2 is 1.74 bits per heavy atom. The fourth-order valence-electron chi connectivity index (χ4n) is 3.46. The molecule has 6 nitrogen and oxygen atoms in total. The highest BCUT2D eigenvalue weighted by molar-refractivity contribution is 7.13. The predicted octanol–water partition coefficient (Wildman–Crippen LogP) is 5.21. The normalized spacial score (nSPS) is 16.4. The summed E-state index contributed by atoms with van der Waals surface area (Å²) >= 11 is 7.43. The molecule has 1 unspecified atom stereocenters. The van der Waals surface area contributed by atoms with E-state index in [0.717, 1.165) is 10.6 Å². The lowest BCUT2D eigenvalue weighted by atomic mass is 9.83. The topological polar surface area (TPSA) is 77.5 Å². The first-order chi connectivity index (χ1) is 14.7. The summed E-state index contributed by atoms with van der Waals surface area (Å²) in [5, 5.41) is 6.40. The van der Waals surface area contributed by atoms with E-state index in [1.165, 1.54) is 11.3 Å². The molecule has 0 saturated heterocycles. The highest BCUT2D eigenvalue weighted by Crippen LogP contribution is 2.41. The molecule has 0 fully saturated rings. The maximum Gasteiger partial charge on any atom is 0.337 e. The molecule has 1 N–H and O–H groups in total. The number of halogens is 1. The van der Waals surface area contributed by atoms with Crippen molar-refractivity contribution in [2.24, 2.45) is 0 Å². The van der Waals surface area contributed by atoms with Crippen LogP contribution in [0.2, 0.25) is 5.02 Å². The van der Waals surface area contributed by atoms with Crippen LogP contribution in [0.3, 0.4) is 0 Å². The van der Waals surface area contributed by atoms with Crippen LogP contribution in [-0.2, 0) is 19.1 Å². The van der Waals surface area contributed by atoms with Crippen LogP contribution >= 0.6 is 22.9 Å². The number of carbonyl (C=O) groups excluding carboxylic acids is 2. The zero-order valence-electron chi connectivity index (χ0n) is 18.1. The molecule has 0 amide bonds. The first kappa shape index (κ1) is 23.0. The number of benzene rings is 1. The van der Waals surface area contributed by atoms with E-state index in [-0.39, 0.29) is 12.7 Å². The molecular formula is C23H25ClN2O4S. The minimum atomic E-state index is -0.691. The Morgan fingerprint density at radius 3 is 2.32 bits per heavy atom. The molecule has 31 heavy (non-hydrogen) atoms. The number of aromatic nitrogens is 1. The number of rotatable bonds is 6. The van der Waals surface area contributed by atoms with Gasteiger partial charge in [0.2, 0.25) is 0 Å². The summed E-state index contributed by atoms with van der Waals surface area (Å²) in [6, 6.07) is 7.36. The molecule has 0 spiro atoms. The van der Waals surface area contributed by atoms with Gasteiger partial charge in [-0.1, -0.05) is 23.7 Å². The third-order valence-electron chi connectivity index (χ3n) is 4.73. The summed E-state index contributed by atoms with van der Waals surface area (Å²) in [4.78, 5) is 30.7. The van der Waals surface area contributed by atoms with Crippen LogP contribution in [0.15, 0.2) is 52.2 Å². The van der Waals surface area contributed by atoms with Gasteiger partial charge in [0.05, 0.1) is 35.5 Å². The highest BCUT2D eigenvalue weighted by Gasteiger charge is 2.39. The quantitative estimate of drug-likeness (QED) is 0.596. The summed E-state index contributed by atoms with van der Waals surface area (Å²) in [6.07, 6.45) is -0.299. The van der Waals surface area contributed by atoms with E-state index in [0.29, 0.717) is 33.3 Å². The van der Waals surface area contributed by atoms with Crippen LogP contribution in [0, 0.1) is 0 Å². The smallest absolute Gasteiger partial charge is 0.337 e. The van der Waals surface area contributed by atoms with Gasteiger partial charge >= 0.3 is 11.9 Å². The van der Waals surface area contributed by atoms with Crippen LogP contribution in [0.5, 0.6) is 0 Å². The zero-order chi connectivity index (χ0) is 22.7. The first-order valence-electron chi connectivity index (χ1n) is 10.0. The average Bonchev–Trinajstić information content (AvgIpc) is 3.17. The average molecular weight is 461 g/mol. The second kappa shape index (κ2) is 9.66. The molecule has 1 aliphatic rings. The second-order valence-electron chi connectivity index (χ2n) is 7.39. The van der Waals surface area contributed by atoms with Crippen LogP contribution in [0.4, 0.5) is 0 Å². The molecule has 2 heterocycles. The molecule has 1 aliphatic heterocycles. The number of dihydropyridines is 1. The molecular weight excluding hydrogens is 436 g/mol. The van der Waals surface area contributed by atoms with Gasteiger partial charge < -0.3 is 14.8 Å². The van der Waals surface area contributed by atoms with Gasteiger partial charge in [-0.3, -0.25) is 0 Å².